The van der Waals surface area contributed by atoms with Gasteiger partial charge in [0.1, 0.15) is 18.1 Å². The van der Waals surface area contributed by atoms with Gasteiger partial charge in [-0.3, -0.25) is 14.4 Å². The second-order valence-electron chi connectivity index (χ2n) is 6.10. The fraction of sp³-hybridized carbons (Fsp3) is 0.400. The minimum Gasteiger partial charge on any atom is -0.492 e. The first-order valence-corrected chi connectivity index (χ1v) is 9.03. The molecule has 1 fully saturated rings. The first-order chi connectivity index (χ1) is 12.8. The molecule has 1 aliphatic heterocycles. The number of aryl methyl sites for hydroxylation is 1. The van der Waals surface area contributed by atoms with E-state index in [9.17, 15) is 4.79 Å². The zero-order valence-corrected chi connectivity index (χ0v) is 15.1. The van der Waals surface area contributed by atoms with Crippen molar-refractivity contribution in [2.24, 2.45) is 0 Å². The summed E-state index contributed by atoms with van der Waals surface area (Å²) in [6.07, 6.45) is 5.04. The summed E-state index contributed by atoms with van der Waals surface area (Å²) in [5.74, 6) is 0.793. The molecule has 1 aromatic heterocycles. The van der Waals surface area contributed by atoms with Crippen LogP contribution in [-0.4, -0.2) is 59.9 Å². The molecule has 6 heteroatoms. The first kappa shape index (κ1) is 18.4. The van der Waals surface area contributed by atoms with Crippen LogP contribution >= 0.6 is 0 Å². The lowest BCUT2D eigenvalue weighted by Gasteiger charge is -2.26. The van der Waals surface area contributed by atoms with Gasteiger partial charge in [-0.25, -0.2) is 0 Å². The number of benzene rings is 1. The van der Waals surface area contributed by atoms with E-state index in [1.165, 1.54) is 0 Å². The molecule has 2 heterocycles. The summed E-state index contributed by atoms with van der Waals surface area (Å²) in [5.41, 5.74) is 1.56. The van der Waals surface area contributed by atoms with Crippen molar-refractivity contribution in [2.75, 3.05) is 39.5 Å². The molecular weight excluding hydrogens is 330 g/mol. The molecule has 3 rings (SSSR count). The van der Waals surface area contributed by atoms with Crippen LogP contribution in [0.15, 0.2) is 42.6 Å². The van der Waals surface area contributed by atoms with Gasteiger partial charge in [0.25, 0.3) is 0 Å². The first-order valence-electron chi connectivity index (χ1n) is 9.03. The molecule has 0 atom stereocenters. The molecule has 1 aromatic carbocycles. The van der Waals surface area contributed by atoms with Crippen LogP contribution in [0.3, 0.4) is 0 Å². The quantitative estimate of drug-likeness (QED) is 0.538. The number of carbonyl (C=O) groups is 1. The molecule has 0 radical (unpaired) electrons. The van der Waals surface area contributed by atoms with Gasteiger partial charge in [-0.1, -0.05) is 18.2 Å². The number of rotatable bonds is 8. The summed E-state index contributed by atoms with van der Waals surface area (Å²) >= 11 is 0. The van der Waals surface area contributed by atoms with Crippen LogP contribution in [0.25, 0.3) is 6.08 Å². The number of allylic oxidation sites excluding steroid dienone is 1. The van der Waals surface area contributed by atoms with Crippen molar-refractivity contribution in [3.05, 3.63) is 53.9 Å². The number of morpholine rings is 1. The molecule has 26 heavy (non-hydrogen) atoms. The Bertz CT molecular complexity index is 731. The highest BCUT2D eigenvalue weighted by molar-refractivity contribution is 6.05. The molecule has 0 unspecified atom stereocenters. The number of nitrogens with zero attached hydrogens (tertiary/aromatic N) is 3. The van der Waals surface area contributed by atoms with Gasteiger partial charge >= 0.3 is 0 Å². The zero-order chi connectivity index (χ0) is 18.2. The highest BCUT2D eigenvalue weighted by Crippen LogP contribution is 2.14. The Morgan fingerprint density at radius 2 is 2.00 bits per heavy atom. The molecular formula is C20H25N3O3. The maximum atomic E-state index is 12.2. The van der Waals surface area contributed by atoms with E-state index < -0.39 is 0 Å². The van der Waals surface area contributed by atoms with E-state index in [2.05, 4.69) is 10.00 Å². The second kappa shape index (κ2) is 9.31. The number of hydrogen-bond donors (Lipinski definition) is 0. The maximum absolute atomic E-state index is 12.2. The van der Waals surface area contributed by atoms with Gasteiger partial charge in [-0.15, -0.1) is 0 Å². The normalized spacial score (nSPS) is 15.4. The van der Waals surface area contributed by atoms with E-state index >= 15 is 0 Å². The van der Waals surface area contributed by atoms with Gasteiger partial charge in [0.15, 0.2) is 0 Å². The summed E-state index contributed by atoms with van der Waals surface area (Å²) in [7, 11) is 0. The van der Waals surface area contributed by atoms with Crippen LogP contribution < -0.4 is 4.74 Å². The summed E-state index contributed by atoms with van der Waals surface area (Å²) in [6, 6.07) is 9.50. The number of ketones is 1. The van der Waals surface area contributed by atoms with Gasteiger partial charge in [0, 0.05) is 32.4 Å². The van der Waals surface area contributed by atoms with E-state index in [0.717, 1.165) is 44.2 Å². The maximum Gasteiger partial charge on any atom is 0.203 e. The van der Waals surface area contributed by atoms with E-state index in [0.29, 0.717) is 18.8 Å². The molecule has 0 aliphatic carbocycles. The summed E-state index contributed by atoms with van der Waals surface area (Å²) in [4.78, 5) is 14.6. The highest BCUT2D eigenvalue weighted by atomic mass is 16.5. The third-order valence-electron chi connectivity index (χ3n) is 4.36. The van der Waals surface area contributed by atoms with Gasteiger partial charge in [-0.05, 0) is 36.8 Å². The molecule has 1 aliphatic rings. The molecule has 138 valence electrons. The molecule has 6 nitrogen and oxygen atoms in total. The van der Waals surface area contributed by atoms with Crippen LogP contribution in [0.1, 0.15) is 23.0 Å². The van der Waals surface area contributed by atoms with Crippen molar-refractivity contribution in [3.8, 4) is 5.75 Å². The Morgan fingerprint density at radius 3 is 2.73 bits per heavy atom. The lowest BCUT2D eigenvalue weighted by molar-refractivity contribution is 0.0322. The minimum atomic E-state index is -0.0461. The fourth-order valence-corrected chi connectivity index (χ4v) is 2.84. The molecule has 0 amide bonds. The van der Waals surface area contributed by atoms with Crippen LogP contribution in [0.2, 0.25) is 0 Å². The van der Waals surface area contributed by atoms with Crippen molar-refractivity contribution in [1.82, 2.24) is 14.7 Å². The van der Waals surface area contributed by atoms with Crippen molar-refractivity contribution >= 4 is 11.9 Å². The van der Waals surface area contributed by atoms with E-state index in [1.807, 2.05) is 37.3 Å². The zero-order valence-electron chi connectivity index (χ0n) is 15.1. The smallest absolute Gasteiger partial charge is 0.203 e. The average molecular weight is 355 g/mol. The van der Waals surface area contributed by atoms with Crippen molar-refractivity contribution in [2.45, 2.75) is 13.5 Å². The number of ether oxygens (including phenoxy) is 2. The number of carbonyl (C=O) groups excluding carboxylic acids is 1. The minimum absolute atomic E-state index is 0.0461. The SMILES string of the molecule is CCn1nccc1C(=O)/C=C/c1ccc(OCCN2CCOCC2)cc1. The lowest BCUT2D eigenvalue weighted by atomic mass is 10.1. The Balaban J connectivity index is 1.48. The molecule has 0 spiro atoms. The van der Waals surface area contributed by atoms with E-state index in [4.69, 9.17) is 9.47 Å². The fourth-order valence-electron chi connectivity index (χ4n) is 2.84. The van der Waals surface area contributed by atoms with Gasteiger partial charge in [-0.2, -0.15) is 5.10 Å². The molecule has 2 aromatic rings. The number of hydrogen-bond acceptors (Lipinski definition) is 5. The van der Waals surface area contributed by atoms with Crippen LogP contribution in [0, 0.1) is 0 Å². The Hall–Kier alpha value is -2.44. The standard InChI is InChI=1S/C20H25N3O3/c1-2-23-19(9-10-21-23)20(24)8-5-17-3-6-18(7-4-17)26-16-13-22-11-14-25-15-12-22/h3-10H,2,11-16H2,1H3/b8-5+. The van der Waals surface area contributed by atoms with Gasteiger partial charge < -0.3 is 9.47 Å². The van der Waals surface area contributed by atoms with Crippen LogP contribution in [0.4, 0.5) is 0 Å². The second-order valence-corrected chi connectivity index (χ2v) is 6.10. The Kier molecular flexibility index (Phi) is 6.57. The third kappa shape index (κ3) is 5.03. The predicted molar refractivity (Wildman–Crippen MR) is 100 cm³/mol. The molecule has 1 saturated heterocycles. The van der Waals surface area contributed by atoms with E-state index in [1.54, 1.807) is 23.0 Å². The monoisotopic (exact) mass is 355 g/mol. The topological polar surface area (TPSA) is 56.6 Å². The summed E-state index contributed by atoms with van der Waals surface area (Å²) < 4.78 is 12.8. The molecule has 0 bridgehead atoms. The van der Waals surface area contributed by atoms with Gasteiger partial charge in [0.05, 0.1) is 13.2 Å². The largest absolute Gasteiger partial charge is 0.492 e. The predicted octanol–water partition coefficient (Wildman–Crippen LogP) is 2.51. The third-order valence-corrected chi connectivity index (χ3v) is 4.36. The highest BCUT2D eigenvalue weighted by Gasteiger charge is 2.10. The Morgan fingerprint density at radius 1 is 1.23 bits per heavy atom. The van der Waals surface area contributed by atoms with Crippen molar-refractivity contribution < 1.29 is 14.3 Å². The van der Waals surface area contributed by atoms with Crippen molar-refractivity contribution in [3.63, 3.8) is 0 Å². The van der Waals surface area contributed by atoms with E-state index in [-0.39, 0.29) is 5.78 Å². The average Bonchev–Trinajstić information content (AvgIpc) is 3.17. The Labute approximate surface area is 154 Å². The summed E-state index contributed by atoms with van der Waals surface area (Å²) in [5, 5.41) is 4.12. The van der Waals surface area contributed by atoms with Crippen molar-refractivity contribution in [1.29, 1.82) is 0 Å². The van der Waals surface area contributed by atoms with Crippen LogP contribution in [0.5, 0.6) is 5.75 Å². The molecule has 0 N–H and O–H groups in total. The van der Waals surface area contributed by atoms with Crippen LogP contribution in [-0.2, 0) is 11.3 Å². The van der Waals surface area contributed by atoms with Gasteiger partial charge in [0.2, 0.25) is 5.78 Å². The number of aromatic nitrogens is 2. The molecule has 0 saturated carbocycles. The summed E-state index contributed by atoms with van der Waals surface area (Å²) in [6.45, 7) is 7.76. The lowest BCUT2D eigenvalue weighted by Crippen LogP contribution is -2.38.